The maximum absolute atomic E-state index is 15.4. The molecule has 0 amide bonds. The molecular weight excluding hydrogens is 1130 g/mol. The Morgan fingerprint density at radius 2 is 1.12 bits per heavy atom. The third-order valence-corrected chi connectivity index (χ3v) is 22.7. The number of esters is 1. The topological polar surface area (TPSA) is 433 Å². The molecule has 10 rings (SSSR count). The van der Waals surface area contributed by atoms with Crippen LogP contribution in [0.15, 0.2) is 11.6 Å². The van der Waals surface area contributed by atoms with Gasteiger partial charge in [0.15, 0.2) is 31.3 Å². The summed E-state index contributed by atoms with van der Waals surface area (Å²) in [6, 6.07) is 0. The van der Waals surface area contributed by atoms with Crippen molar-refractivity contribution in [2.24, 2.45) is 50.2 Å². The van der Waals surface area contributed by atoms with E-state index in [2.05, 4.69) is 33.8 Å². The van der Waals surface area contributed by atoms with E-state index in [-0.39, 0.29) is 24.2 Å². The summed E-state index contributed by atoms with van der Waals surface area (Å²) < 4.78 is 59.1. The number of carbonyl (C=O) groups is 1. The van der Waals surface area contributed by atoms with E-state index in [1.165, 1.54) is 13.8 Å². The minimum absolute atomic E-state index is 0.103. The zero-order valence-electron chi connectivity index (χ0n) is 49.5. The molecule has 5 saturated heterocycles. The van der Waals surface area contributed by atoms with Gasteiger partial charge in [0.25, 0.3) is 0 Å². The van der Waals surface area contributed by atoms with Crippen molar-refractivity contribution in [2.45, 2.75) is 266 Å². The van der Waals surface area contributed by atoms with Crippen LogP contribution in [-0.4, -0.2) is 274 Å². The van der Waals surface area contributed by atoms with Crippen molar-refractivity contribution in [3.8, 4) is 0 Å². The number of hydrogen-bond acceptors (Lipinski definition) is 27. The van der Waals surface area contributed by atoms with Crippen molar-refractivity contribution >= 4 is 5.97 Å². The number of rotatable bonds is 12. The molecule has 85 heavy (non-hydrogen) atoms. The molecule has 0 spiro atoms. The molecule has 0 bridgehead atoms. The van der Waals surface area contributed by atoms with Crippen LogP contribution in [0.3, 0.4) is 0 Å². The highest BCUT2D eigenvalue weighted by atomic mass is 16.8. The average Bonchev–Trinajstić information content (AvgIpc) is 0.681. The van der Waals surface area contributed by atoms with Gasteiger partial charge in [-0.15, -0.1) is 0 Å². The summed E-state index contributed by atoms with van der Waals surface area (Å²) in [5, 5.41) is 177. The highest BCUT2D eigenvalue weighted by Crippen LogP contribution is 2.76. The SMILES string of the molecule is C[C@@H]1O[C@@H](O[C@@H]2[C@@H](O)[C@@H](O[C@@H]3[C@@H](O)[C@@H](O)[C@H](O[C@H]4[C@H](OC(=O)[C@]56CCC(C)(C)CC5C5=CCC7[C@@]8(C)C[C@@H](O)[C@@H](O[C@@H]9O[C@H](CO)[C@@H](O)[C@H](O)[C@H]9O)[C@@](C)(CO)C8C(O)C[C@@]7(C)[C@]5(C)CC6)OC[C@H](O)[C@@H]4O)O[C@H]3C)OC[C@H]2O)[C@H](O)[C@H](O)[C@H]1O. The van der Waals surface area contributed by atoms with E-state index in [1.807, 2.05) is 6.92 Å². The lowest BCUT2D eigenvalue weighted by molar-refractivity contribution is -0.377. The molecule has 0 aromatic rings. The second-order valence-corrected chi connectivity index (χ2v) is 28.3. The maximum Gasteiger partial charge on any atom is 0.315 e. The minimum Gasteiger partial charge on any atom is -0.432 e. The third kappa shape index (κ3) is 10.9. The predicted octanol–water partition coefficient (Wildman–Crippen LogP) is -3.96. The first-order valence-electron chi connectivity index (χ1n) is 30.2. The zero-order chi connectivity index (χ0) is 62.2. The number of ether oxygens (including phenoxy) is 10. The Kier molecular flexibility index (Phi) is 18.7. The van der Waals surface area contributed by atoms with Gasteiger partial charge in [-0.1, -0.05) is 53.2 Å². The molecule has 9 fully saturated rings. The normalized spacial score (nSPS) is 56.1. The van der Waals surface area contributed by atoms with Crippen LogP contribution in [-0.2, 0) is 52.2 Å². The van der Waals surface area contributed by atoms with Crippen LogP contribution in [0.25, 0.3) is 0 Å². The van der Waals surface area contributed by atoms with Gasteiger partial charge in [-0.2, -0.15) is 0 Å². The summed E-state index contributed by atoms with van der Waals surface area (Å²) in [5.74, 6) is -1.92. The Morgan fingerprint density at radius 1 is 0.541 bits per heavy atom. The number of fused-ring (bicyclic) bond motifs is 7. The fraction of sp³-hybridized carbons (Fsp3) is 0.948. The molecule has 27 nitrogen and oxygen atoms in total. The van der Waals surface area contributed by atoms with Crippen LogP contribution in [0, 0.1) is 50.2 Å². The van der Waals surface area contributed by atoms with E-state index in [0.717, 1.165) is 5.57 Å². The van der Waals surface area contributed by atoms with Gasteiger partial charge in [-0.3, -0.25) is 4.79 Å². The molecule has 0 aromatic carbocycles. The molecule has 4 saturated carbocycles. The standard InChI is InChI=1S/C58H94O27/c1-22-32(65)35(68)38(71)48(78-22)82-43-29(64)20-76-47(41(43)74)81-42-23(2)79-49(40(73)37(42)70)83-44-33(66)28(63)19-77-51(44)85-52(75)58-13-11-53(3,4)15-25(58)24-9-10-31-54(5)16-27(62)46(84-50-39(72)36(69)34(67)30(18-59)80-50)55(6,21-60)45(54)26(61)17-57(31,8)56(24,7)12-14-58/h9,22-23,25-51,59-74H,10-21H2,1-8H3/t22-,23-,25?,26?,27+,28-,29+,30+,31?,32-,33-,34+,35+,36-,37-,38+,39+,40+,41+,42-,43-,44+,45?,46+,47+,48-,49-,50-,51-,54+,55-,56+,57+,58-/m0/s1. The van der Waals surface area contributed by atoms with E-state index in [4.69, 9.17) is 47.4 Å². The van der Waals surface area contributed by atoms with Crippen LogP contribution >= 0.6 is 0 Å². The molecule has 16 N–H and O–H groups in total. The Bertz CT molecular complexity index is 2390. The van der Waals surface area contributed by atoms with E-state index >= 15 is 4.79 Å². The molecule has 5 heterocycles. The van der Waals surface area contributed by atoms with Crippen LogP contribution in [0.1, 0.15) is 107 Å². The second-order valence-electron chi connectivity index (χ2n) is 28.3. The van der Waals surface area contributed by atoms with Crippen LogP contribution in [0.2, 0.25) is 0 Å². The first-order valence-corrected chi connectivity index (χ1v) is 30.2. The molecule has 4 unspecified atom stereocenters. The summed E-state index contributed by atoms with van der Waals surface area (Å²) in [7, 11) is 0. The number of aliphatic hydroxyl groups is 16. The number of carbonyl (C=O) groups excluding carboxylic acids is 1. The third-order valence-electron chi connectivity index (χ3n) is 22.7. The van der Waals surface area contributed by atoms with Gasteiger partial charge in [0, 0.05) is 11.3 Å². The number of hydrogen-bond donors (Lipinski definition) is 16. The number of aliphatic hydroxyl groups excluding tert-OH is 16. The Labute approximate surface area is 493 Å². The highest BCUT2D eigenvalue weighted by Gasteiger charge is 2.73. The van der Waals surface area contributed by atoms with Gasteiger partial charge in [0.05, 0.1) is 62.4 Å². The molecule has 27 heteroatoms. The summed E-state index contributed by atoms with van der Waals surface area (Å²) in [5.41, 5.74) is -3.85. The van der Waals surface area contributed by atoms with E-state index in [9.17, 15) is 81.7 Å². The number of allylic oxidation sites excluding steroid dienone is 2. The van der Waals surface area contributed by atoms with Gasteiger partial charge >= 0.3 is 5.97 Å². The van der Waals surface area contributed by atoms with Gasteiger partial charge in [0.2, 0.25) is 6.29 Å². The maximum atomic E-state index is 15.4. The van der Waals surface area contributed by atoms with Gasteiger partial charge in [-0.25, -0.2) is 0 Å². The largest absolute Gasteiger partial charge is 0.432 e. The predicted molar refractivity (Wildman–Crippen MR) is 285 cm³/mol. The monoisotopic (exact) mass is 1220 g/mol. The van der Waals surface area contributed by atoms with E-state index in [1.54, 1.807) is 6.92 Å². The molecule has 5 aliphatic heterocycles. The van der Waals surface area contributed by atoms with Gasteiger partial charge in [0.1, 0.15) is 91.6 Å². The highest BCUT2D eigenvalue weighted by molar-refractivity contribution is 5.79. The Morgan fingerprint density at radius 3 is 1.78 bits per heavy atom. The van der Waals surface area contributed by atoms with Crippen molar-refractivity contribution in [3.63, 3.8) is 0 Å². The average molecular weight is 1220 g/mol. The van der Waals surface area contributed by atoms with Gasteiger partial charge in [-0.05, 0) is 98.7 Å². The molecule has 5 aliphatic carbocycles. The fourth-order valence-electron chi connectivity index (χ4n) is 17.7. The first kappa shape index (κ1) is 66.1. The Balaban J connectivity index is 0.852. The lowest BCUT2D eigenvalue weighted by atomic mass is 9.33. The second kappa shape index (κ2) is 24.0. The molecule has 10 aliphatic rings. The minimum atomic E-state index is -1.96. The van der Waals surface area contributed by atoms with E-state index < -0.39 is 231 Å². The van der Waals surface area contributed by atoms with Crippen LogP contribution in [0.5, 0.6) is 0 Å². The smallest absolute Gasteiger partial charge is 0.315 e. The lowest BCUT2D eigenvalue weighted by Gasteiger charge is -2.72. The molecule has 0 aromatic heterocycles. The van der Waals surface area contributed by atoms with Crippen LogP contribution < -0.4 is 0 Å². The van der Waals surface area contributed by atoms with E-state index in [0.29, 0.717) is 38.5 Å². The van der Waals surface area contributed by atoms with Crippen LogP contribution in [0.4, 0.5) is 0 Å². The summed E-state index contributed by atoms with van der Waals surface area (Å²) in [6.07, 6.45) is -35.1. The first-order chi connectivity index (χ1) is 39.7. The van der Waals surface area contributed by atoms with Gasteiger partial charge < -0.3 is 129 Å². The van der Waals surface area contributed by atoms with Crippen molar-refractivity contribution in [3.05, 3.63) is 11.6 Å². The molecule has 34 atom stereocenters. The Hall–Kier alpha value is -1.79. The summed E-state index contributed by atoms with van der Waals surface area (Å²) in [4.78, 5) is 15.4. The fourth-order valence-corrected chi connectivity index (χ4v) is 17.7. The lowest BCUT2D eigenvalue weighted by Crippen LogP contribution is -2.72. The molecule has 488 valence electrons. The zero-order valence-corrected chi connectivity index (χ0v) is 49.5. The van der Waals surface area contributed by atoms with Crippen molar-refractivity contribution in [1.29, 1.82) is 0 Å². The van der Waals surface area contributed by atoms with Crippen molar-refractivity contribution in [1.82, 2.24) is 0 Å². The summed E-state index contributed by atoms with van der Waals surface area (Å²) >= 11 is 0. The summed E-state index contributed by atoms with van der Waals surface area (Å²) in [6.45, 7) is 13.0. The van der Waals surface area contributed by atoms with Crippen molar-refractivity contribution in [2.75, 3.05) is 26.4 Å². The molecule has 0 radical (unpaired) electrons. The van der Waals surface area contributed by atoms with Crippen molar-refractivity contribution < 1.29 is 134 Å². The quantitative estimate of drug-likeness (QED) is 0.0504. The molecular formula is C58H94O27.